The van der Waals surface area contributed by atoms with Gasteiger partial charge >= 0.3 is 0 Å². The molecule has 14 heavy (non-hydrogen) atoms. The van der Waals surface area contributed by atoms with Gasteiger partial charge in [0, 0.05) is 10.6 Å². The quantitative estimate of drug-likeness (QED) is 0.778. The van der Waals surface area contributed by atoms with Crippen molar-refractivity contribution in [2.45, 2.75) is 0 Å². The van der Waals surface area contributed by atoms with Gasteiger partial charge in [-0.15, -0.1) is 0 Å². The minimum atomic E-state index is 0.413. The van der Waals surface area contributed by atoms with Crippen LogP contribution in [0.15, 0.2) is 36.7 Å². The fourth-order valence-electron chi connectivity index (χ4n) is 1.13. The first-order valence-corrected chi connectivity index (χ1v) is 4.47. The molecule has 0 bridgehead atoms. The summed E-state index contributed by atoms with van der Waals surface area (Å²) in [5, 5.41) is 0.682. The van der Waals surface area contributed by atoms with Crippen LogP contribution in [0.25, 0.3) is 11.3 Å². The third-order valence-electron chi connectivity index (χ3n) is 1.79. The molecule has 1 aromatic carbocycles. The van der Waals surface area contributed by atoms with Crippen molar-refractivity contribution in [2.24, 2.45) is 0 Å². The average Bonchev–Trinajstić information content (AvgIpc) is 2.19. The lowest BCUT2D eigenvalue weighted by atomic mass is 10.2. The summed E-state index contributed by atoms with van der Waals surface area (Å²) in [5.74, 6) is 0.413. The van der Waals surface area contributed by atoms with Gasteiger partial charge < -0.3 is 5.73 Å². The van der Waals surface area contributed by atoms with Crippen LogP contribution in [-0.4, -0.2) is 9.97 Å². The van der Waals surface area contributed by atoms with Crippen molar-refractivity contribution in [3.05, 3.63) is 41.7 Å². The Balaban J connectivity index is 2.44. The molecule has 70 valence electrons. The number of halogens is 1. The van der Waals surface area contributed by atoms with Crippen LogP contribution >= 0.6 is 11.6 Å². The first kappa shape index (κ1) is 8.97. The highest BCUT2D eigenvalue weighted by molar-refractivity contribution is 6.30. The van der Waals surface area contributed by atoms with E-state index in [-0.39, 0.29) is 0 Å². The average molecular weight is 206 g/mol. The molecule has 0 aliphatic carbocycles. The topological polar surface area (TPSA) is 51.8 Å². The molecule has 4 heteroatoms. The predicted octanol–water partition coefficient (Wildman–Crippen LogP) is 2.38. The lowest BCUT2D eigenvalue weighted by molar-refractivity contribution is 1.22. The molecule has 1 aromatic heterocycles. The molecule has 1 heterocycles. The van der Waals surface area contributed by atoms with Crippen LogP contribution in [0.3, 0.4) is 0 Å². The summed E-state index contributed by atoms with van der Waals surface area (Å²) < 4.78 is 0. The summed E-state index contributed by atoms with van der Waals surface area (Å²) in [6.07, 6.45) is 3.15. The van der Waals surface area contributed by atoms with Crippen LogP contribution < -0.4 is 5.73 Å². The summed E-state index contributed by atoms with van der Waals surface area (Å²) in [4.78, 5) is 8.10. The van der Waals surface area contributed by atoms with Crippen molar-refractivity contribution in [3.63, 3.8) is 0 Å². The van der Waals surface area contributed by atoms with E-state index in [0.29, 0.717) is 10.8 Å². The van der Waals surface area contributed by atoms with Crippen LogP contribution in [0.2, 0.25) is 5.02 Å². The predicted molar refractivity (Wildman–Crippen MR) is 56.9 cm³/mol. The molecule has 0 aliphatic rings. The molecular formula is C10H8ClN3. The van der Waals surface area contributed by atoms with E-state index < -0.39 is 0 Å². The first-order valence-electron chi connectivity index (χ1n) is 4.09. The maximum Gasteiger partial charge on any atom is 0.141 e. The second kappa shape index (κ2) is 3.64. The zero-order chi connectivity index (χ0) is 9.97. The van der Waals surface area contributed by atoms with Crippen LogP contribution in [-0.2, 0) is 0 Å². The fraction of sp³-hybridized carbons (Fsp3) is 0. The van der Waals surface area contributed by atoms with E-state index >= 15 is 0 Å². The lowest BCUT2D eigenvalue weighted by Crippen LogP contribution is -1.92. The molecule has 0 radical (unpaired) electrons. The third kappa shape index (κ3) is 1.83. The summed E-state index contributed by atoms with van der Waals surface area (Å²) in [7, 11) is 0. The van der Waals surface area contributed by atoms with E-state index in [1.165, 1.54) is 6.20 Å². The Bertz CT molecular complexity index is 439. The Kier molecular flexibility index (Phi) is 2.33. The highest BCUT2D eigenvalue weighted by atomic mass is 35.5. The Hall–Kier alpha value is -1.61. The standard InChI is InChI=1S/C10H8ClN3/c11-8-3-1-2-7(4-8)9-5-14-10(12)6-13-9/h1-6H,(H2,12,14). The van der Waals surface area contributed by atoms with Crippen molar-refractivity contribution < 1.29 is 0 Å². The molecule has 2 aromatic rings. The first-order chi connectivity index (χ1) is 6.75. The van der Waals surface area contributed by atoms with Crippen LogP contribution in [0.5, 0.6) is 0 Å². The number of hydrogen-bond donors (Lipinski definition) is 1. The van der Waals surface area contributed by atoms with Gasteiger partial charge in [0.05, 0.1) is 18.1 Å². The zero-order valence-electron chi connectivity index (χ0n) is 7.31. The molecule has 2 rings (SSSR count). The fourth-order valence-corrected chi connectivity index (χ4v) is 1.33. The van der Waals surface area contributed by atoms with Crippen molar-refractivity contribution in [3.8, 4) is 11.3 Å². The molecule has 2 N–H and O–H groups in total. The summed E-state index contributed by atoms with van der Waals surface area (Å²) >= 11 is 5.85. The minimum Gasteiger partial charge on any atom is -0.382 e. The van der Waals surface area contributed by atoms with Crippen molar-refractivity contribution in [1.82, 2.24) is 9.97 Å². The van der Waals surface area contributed by atoms with Crippen LogP contribution in [0.1, 0.15) is 0 Å². The smallest absolute Gasteiger partial charge is 0.141 e. The highest BCUT2D eigenvalue weighted by Crippen LogP contribution is 2.19. The van der Waals surface area contributed by atoms with Crippen molar-refractivity contribution >= 4 is 17.4 Å². The van der Waals surface area contributed by atoms with Gasteiger partial charge in [0.25, 0.3) is 0 Å². The van der Waals surface area contributed by atoms with Gasteiger partial charge in [-0.3, -0.25) is 4.98 Å². The van der Waals surface area contributed by atoms with E-state index in [9.17, 15) is 0 Å². The number of rotatable bonds is 1. The van der Waals surface area contributed by atoms with E-state index in [2.05, 4.69) is 9.97 Å². The minimum absolute atomic E-state index is 0.413. The van der Waals surface area contributed by atoms with Crippen LogP contribution in [0, 0.1) is 0 Å². The summed E-state index contributed by atoms with van der Waals surface area (Å²) in [5.41, 5.74) is 7.14. The van der Waals surface area contributed by atoms with Gasteiger partial charge in [-0.05, 0) is 12.1 Å². The Morgan fingerprint density at radius 2 is 2.00 bits per heavy atom. The van der Waals surface area contributed by atoms with Gasteiger partial charge in [0.2, 0.25) is 0 Å². The molecule has 0 unspecified atom stereocenters. The molecule has 0 atom stereocenters. The van der Waals surface area contributed by atoms with Gasteiger partial charge in [-0.1, -0.05) is 23.7 Å². The molecule has 3 nitrogen and oxygen atoms in total. The lowest BCUT2D eigenvalue weighted by Gasteiger charge is -2.00. The Labute approximate surface area is 86.6 Å². The number of nitrogens with two attached hydrogens (primary N) is 1. The van der Waals surface area contributed by atoms with Gasteiger partial charge in [0.1, 0.15) is 5.82 Å². The Morgan fingerprint density at radius 3 is 2.64 bits per heavy atom. The second-order valence-electron chi connectivity index (χ2n) is 2.84. The molecule has 0 aliphatic heterocycles. The van der Waals surface area contributed by atoms with Gasteiger partial charge in [0.15, 0.2) is 0 Å². The number of nitrogens with zero attached hydrogens (tertiary/aromatic N) is 2. The SMILES string of the molecule is Nc1cnc(-c2cccc(Cl)c2)cn1. The number of nitrogen functional groups attached to an aromatic ring is 1. The molecular weight excluding hydrogens is 198 g/mol. The summed E-state index contributed by atoms with van der Waals surface area (Å²) in [6.45, 7) is 0. The molecule has 0 fully saturated rings. The number of benzene rings is 1. The van der Waals surface area contributed by atoms with E-state index in [4.69, 9.17) is 17.3 Å². The molecule has 0 spiro atoms. The maximum atomic E-state index is 5.85. The van der Waals surface area contributed by atoms with E-state index in [0.717, 1.165) is 11.3 Å². The van der Waals surface area contributed by atoms with Crippen molar-refractivity contribution in [1.29, 1.82) is 0 Å². The highest BCUT2D eigenvalue weighted by Gasteiger charge is 1.99. The molecule has 0 amide bonds. The van der Waals surface area contributed by atoms with Crippen molar-refractivity contribution in [2.75, 3.05) is 5.73 Å². The molecule has 0 saturated carbocycles. The normalized spacial score (nSPS) is 10.1. The number of hydrogen-bond acceptors (Lipinski definition) is 3. The maximum absolute atomic E-state index is 5.85. The summed E-state index contributed by atoms with van der Waals surface area (Å²) in [6, 6.07) is 7.44. The zero-order valence-corrected chi connectivity index (χ0v) is 8.07. The number of anilines is 1. The Morgan fingerprint density at radius 1 is 1.14 bits per heavy atom. The van der Waals surface area contributed by atoms with Gasteiger partial charge in [-0.25, -0.2) is 4.98 Å². The van der Waals surface area contributed by atoms with E-state index in [1.54, 1.807) is 6.20 Å². The molecule has 0 saturated heterocycles. The number of aromatic nitrogens is 2. The van der Waals surface area contributed by atoms with E-state index in [1.807, 2.05) is 24.3 Å². The monoisotopic (exact) mass is 205 g/mol. The second-order valence-corrected chi connectivity index (χ2v) is 3.27. The van der Waals surface area contributed by atoms with Crippen LogP contribution in [0.4, 0.5) is 5.82 Å². The third-order valence-corrected chi connectivity index (χ3v) is 2.03. The van der Waals surface area contributed by atoms with Gasteiger partial charge in [-0.2, -0.15) is 0 Å². The largest absolute Gasteiger partial charge is 0.382 e.